The van der Waals surface area contributed by atoms with E-state index in [-0.39, 0.29) is 17.3 Å². The van der Waals surface area contributed by atoms with Gasteiger partial charge in [0.05, 0.1) is 19.1 Å². The number of methoxy groups -OCH3 is 2. The van der Waals surface area contributed by atoms with E-state index in [0.29, 0.717) is 34.3 Å². The third-order valence-electron chi connectivity index (χ3n) is 5.28. The topological polar surface area (TPSA) is 145 Å². The number of amides is 3. The number of aromatic carboxylic acids is 1. The number of anilines is 1. The Kier molecular flexibility index (Phi) is 8.02. The Hall–Kier alpha value is -4.71. The van der Waals surface area contributed by atoms with Crippen LogP contribution in [0.5, 0.6) is 17.2 Å². The van der Waals surface area contributed by atoms with Crippen molar-refractivity contribution in [1.29, 1.82) is 0 Å². The quantitative estimate of drug-likeness (QED) is 0.359. The highest BCUT2D eigenvalue weighted by Crippen LogP contribution is 2.35. The summed E-state index contributed by atoms with van der Waals surface area (Å²) in [7, 11) is 2.97. The molecule has 0 spiro atoms. The molecule has 196 valence electrons. The number of hydrogen-bond donors (Lipinski definition) is 2. The highest BCUT2D eigenvalue weighted by Gasteiger charge is 2.36. The van der Waals surface area contributed by atoms with Crippen molar-refractivity contribution in [2.45, 2.75) is 6.61 Å². The monoisotopic (exact) mass is 538 g/mol. The first-order valence-corrected chi connectivity index (χ1v) is 11.9. The molecule has 3 amide bonds. The third kappa shape index (κ3) is 6.16. The fourth-order valence-electron chi connectivity index (χ4n) is 3.42. The maximum atomic E-state index is 12.8. The number of benzene rings is 2. The van der Waals surface area contributed by atoms with Crippen LogP contribution in [0.25, 0.3) is 6.08 Å². The van der Waals surface area contributed by atoms with Crippen LogP contribution < -0.4 is 19.5 Å². The number of hydrogen-bond acceptors (Lipinski definition) is 9. The minimum absolute atomic E-state index is 0.0273. The lowest BCUT2D eigenvalue weighted by Crippen LogP contribution is -2.36. The van der Waals surface area contributed by atoms with Gasteiger partial charge in [-0.25, -0.2) is 4.79 Å². The average molecular weight is 539 g/mol. The van der Waals surface area contributed by atoms with Crippen molar-refractivity contribution < 1.29 is 42.9 Å². The molecular formula is C26H22N2O9S. The summed E-state index contributed by atoms with van der Waals surface area (Å²) in [5, 5.41) is 11.0. The van der Waals surface area contributed by atoms with Crippen molar-refractivity contribution >= 4 is 46.5 Å². The summed E-state index contributed by atoms with van der Waals surface area (Å²) in [5.74, 6) is -0.827. The minimum atomic E-state index is -1.18. The highest BCUT2D eigenvalue weighted by molar-refractivity contribution is 8.18. The third-order valence-corrected chi connectivity index (χ3v) is 6.18. The van der Waals surface area contributed by atoms with Crippen LogP contribution in [-0.4, -0.2) is 53.8 Å². The predicted molar refractivity (Wildman–Crippen MR) is 137 cm³/mol. The number of ether oxygens (including phenoxy) is 3. The lowest BCUT2D eigenvalue weighted by atomic mass is 10.2. The molecule has 0 saturated carbocycles. The fourth-order valence-corrected chi connectivity index (χ4v) is 4.26. The van der Waals surface area contributed by atoms with E-state index in [1.807, 2.05) is 0 Å². The van der Waals surface area contributed by atoms with Gasteiger partial charge in [-0.1, -0.05) is 6.07 Å². The first-order chi connectivity index (χ1) is 18.3. The molecule has 2 aromatic carbocycles. The normalized spacial score (nSPS) is 14.1. The van der Waals surface area contributed by atoms with Crippen LogP contribution in [0.1, 0.15) is 21.9 Å². The highest BCUT2D eigenvalue weighted by atomic mass is 32.2. The van der Waals surface area contributed by atoms with Gasteiger partial charge in [0, 0.05) is 5.69 Å². The number of thioether (sulfide) groups is 1. The number of carboxylic acids is 1. The van der Waals surface area contributed by atoms with Gasteiger partial charge < -0.3 is 29.1 Å². The lowest BCUT2D eigenvalue weighted by molar-refractivity contribution is -0.127. The van der Waals surface area contributed by atoms with Crippen molar-refractivity contribution in [1.82, 2.24) is 4.90 Å². The molecule has 1 saturated heterocycles. The molecule has 2 N–H and O–H groups in total. The van der Waals surface area contributed by atoms with Crippen LogP contribution in [0.3, 0.4) is 0 Å². The number of furan rings is 1. The Labute approximate surface area is 221 Å². The molecule has 1 aliphatic rings. The van der Waals surface area contributed by atoms with Crippen molar-refractivity contribution in [2.75, 3.05) is 26.1 Å². The van der Waals surface area contributed by atoms with Crippen LogP contribution in [0.2, 0.25) is 0 Å². The van der Waals surface area contributed by atoms with Crippen molar-refractivity contribution in [3.63, 3.8) is 0 Å². The summed E-state index contributed by atoms with van der Waals surface area (Å²) in [6.07, 6.45) is 1.52. The zero-order chi connectivity index (χ0) is 27.2. The largest absolute Gasteiger partial charge is 0.497 e. The Balaban J connectivity index is 1.40. The van der Waals surface area contributed by atoms with Gasteiger partial charge in [-0.05, 0) is 71.9 Å². The number of imide groups is 1. The predicted octanol–water partition coefficient (Wildman–Crippen LogP) is 4.25. The Bertz CT molecular complexity index is 1410. The zero-order valence-electron chi connectivity index (χ0n) is 20.3. The second kappa shape index (κ2) is 11.6. The van der Waals surface area contributed by atoms with E-state index in [1.165, 1.54) is 32.4 Å². The summed E-state index contributed by atoms with van der Waals surface area (Å²) in [6, 6.07) is 14.4. The summed E-state index contributed by atoms with van der Waals surface area (Å²) in [6.45, 7) is -0.457. The van der Waals surface area contributed by atoms with E-state index in [4.69, 9.17) is 23.7 Å². The van der Waals surface area contributed by atoms with Gasteiger partial charge in [-0.3, -0.25) is 19.3 Å². The van der Waals surface area contributed by atoms with Crippen molar-refractivity contribution in [2.24, 2.45) is 0 Å². The minimum Gasteiger partial charge on any atom is -0.497 e. The molecule has 38 heavy (non-hydrogen) atoms. The Morgan fingerprint density at radius 1 is 1.03 bits per heavy atom. The van der Waals surface area contributed by atoms with Crippen LogP contribution in [-0.2, 0) is 16.2 Å². The number of rotatable bonds is 10. The zero-order valence-corrected chi connectivity index (χ0v) is 21.1. The Morgan fingerprint density at radius 3 is 2.45 bits per heavy atom. The van der Waals surface area contributed by atoms with Gasteiger partial charge >= 0.3 is 5.97 Å². The Morgan fingerprint density at radius 2 is 1.79 bits per heavy atom. The molecule has 1 aromatic heterocycles. The summed E-state index contributed by atoms with van der Waals surface area (Å²) in [5.41, 5.74) is 1.07. The molecule has 0 unspecified atom stereocenters. The van der Waals surface area contributed by atoms with Crippen LogP contribution in [0.4, 0.5) is 10.5 Å². The number of nitrogens with zero attached hydrogens (tertiary/aromatic N) is 1. The standard InChI is InChI=1S/C26H22N2O9S/c1-34-17-6-4-16(5-7-17)27-23(29)13-28-24(30)22(38-26(28)33)12-15-3-9-19(21(11-15)35-2)36-14-18-8-10-20(37-18)25(31)32/h3-12H,13-14H2,1-2H3,(H,27,29)(H,31,32)/b22-12-. The number of carbonyl (C=O) groups is 4. The van der Waals surface area contributed by atoms with Crippen LogP contribution in [0.15, 0.2) is 63.9 Å². The molecule has 11 nitrogen and oxygen atoms in total. The molecule has 3 aromatic rings. The van der Waals surface area contributed by atoms with Crippen LogP contribution >= 0.6 is 11.8 Å². The molecule has 1 aliphatic heterocycles. The summed E-state index contributed by atoms with van der Waals surface area (Å²) < 4.78 is 21.3. The van der Waals surface area contributed by atoms with E-state index in [0.717, 1.165) is 16.7 Å². The molecule has 0 radical (unpaired) electrons. The van der Waals surface area contributed by atoms with Crippen molar-refractivity contribution in [3.8, 4) is 17.2 Å². The van der Waals surface area contributed by atoms with E-state index in [2.05, 4.69) is 5.32 Å². The van der Waals surface area contributed by atoms with Gasteiger partial charge in [-0.15, -0.1) is 0 Å². The molecule has 12 heteroatoms. The molecule has 0 atom stereocenters. The number of carbonyl (C=O) groups excluding carboxylic acids is 3. The second-order valence-electron chi connectivity index (χ2n) is 7.81. The van der Waals surface area contributed by atoms with Gasteiger partial charge in [0.2, 0.25) is 11.7 Å². The maximum Gasteiger partial charge on any atom is 0.371 e. The van der Waals surface area contributed by atoms with E-state index >= 15 is 0 Å². The van der Waals surface area contributed by atoms with Gasteiger partial charge in [0.15, 0.2) is 11.5 Å². The first kappa shape index (κ1) is 26.4. The average Bonchev–Trinajstić information content (AvgIpc) is 3.49. The van der Waals surface area contributed by atoms with Gasteiger partial charge in [-0.2, -0.15) is 0 Å². The van der Waals surface area contributed by atoms with Gasteiger partial charge in [0.1, 0.15) is 24.7 Å². The molecule has 1 fully saturated rings. The SMILES string of the molecule is COc1ccc(NC(=O)CN2C(=O)S/C(=C\c3ccc(OCc4ccc(C(=O)O)o4)c(OC)c3)C2=O)cc1. The number of nitrogens with one attached hydrogen (secondary N) is 1. The molecule has 2 heterocycles. The fraction of sp³-hybridized carbons (Fsp3) is 0.154. The summed E-state index contributed by atoms with van der Waals surface area (Å²) in [4.78, 5) is 49.7. The van der Waals surface area contributed by atoms with E-state index in [1.54, 1.807) is 42.5 Å². The molecule has 4 rings (SSSR count). The molecule has 0 aliphatic carbocycles. The van der Waals surface area contributed by atoms with E-state index < -0.39 is 29.6 Å². The molecule has 0 bridgehead atoms. The lowest BCUT2D eigenvalue weighted by Gasteiger charge is -2.12. The smallest absolute Gasteiger partial charge is 0.371 e. The van der Waals surface area contributed by atoms with Gasteiger partial charge in [0.25, 0.3) is 11.1 Å². The van der Waals surface area contributed by atoms with Crippen molar-refractivity contribution in [3.05, 3.63) is 76.6 Å². The first-order valence-electron chi connectivity index (χ1n) is 11.1. The number of carboxylic acid groups (broad SMARTS) is 1. The van der Waals surface area contributed by atoms with Crippen LogP contribution in [0, 0.1) is 0 Å². The second-order valence-corrected chi connectivity index (χ2v) is 8.81. The maximum absolute atomic E-state index is 12.8. The molecular weight excluding hydrogens is 516 g/mol. The van der Waals surface area contributed by atoms with E-state index in [9.17, 15) is 19.2 Å². The summed E-state index contributed by atoms with van der Waals surface area (Å²) >= 11 is 0.729.